The van der Waals surface area contributed by atoms with Gasteiger partial charge in [0.2, 0.25) is 35.6 Å². The Labute approximate surface area is 837 Å². The van der Waals surface area contributed by atoms with Crippen LogP contribution in [-0.2, 0) is 26.2 Å². The van der Waals surface area contributed by atoms with Gasteiger partial charge in [0.05, 0.1) is 82.2 Å². The number of nitrogens with zero attached hydrogens (tertiary/aromatic N) is 25. The van der Waals surface area contributed by atoms with Crippen molar-refractivity contribution in [3.05, 3.63) is 206 Å². The van der Waals surface area contributed by atoms with E-state index in [2.05, 4.69) is 271 Å². The van der Waals surface area contributed by atoms with E-state index in [-0.39, 0.29) is 80.8 Å². The van der Waals surface area contributed by atoms with Gasteiger partial charge in [0, 0.05) is 94.8 Å². The highest BCUT2D eigenvalue weighted by atomic mass is 16.5. The van der Waals surface area contributed by atoms with Gasteiger partial charge in [-0.2, -0.15) is 49.8 Å². The normalized spacial score (nSPS) is 13.0. The summed E-state index contributed by atoms with van der Waals surface area (Å²) >= 11 is 0. The van der Waals surface area contributed by atoms with Crippen molar-refractivity contribution >= 4 is 115 Å². The van der Waals surface area contributed by atoms with E-state index in [1.165, 1.54) is 42.4 Å². The van der Waals surface area contributed by atoms with Crippen LogP contribution in [0.5, 0.6) is 5.88 Å². The highest BCUT2D eigenvalue weighted by Gasteiger charge is 2.29. The number of likely N-dealkylation sites (N-methyl/N-ethyl adjacent to an activating group) is 1. The topological polar surface area (TPSA) is 384 Å². The molecule has 0 aliphatic heterocycles. The number of anilines is 10. The molecule has 4 atom stereocenters. The van der Waals surface area contributed by atoms with E-state index in [9.17, 15) is 20.4 Å². The summed E-state index contributed by atoms with van der Waals surface area (Å²) in [6.45, 7) is 46.4. The van der Waals surface area contributed by atoms with E-state index in [0.717, 1.165) is 170 Å². The first-order valence-electron chi connectivity index (χ1n) is 50.9. The molecule has 0 bridgehead atoms. The van der Waals surface area contributed by atoms with Gasteiger partial charge < -0.3 is 99.1 Å². The molecule has 9 N–H and O–H groups in total. The Morgan fingerprint density at radius 2 is 0.718 bits per heavy atom. The van der Waals surface area contributed by atoms with Crippen molar-refractivity contribution in [3.63, 3.8) is 0 Å². The number of fused-ring (bicyclic) bond motifs is 5. The summed E-state index contributed by atoms with van der Waals surface area (Å²) in [5.74, 6) is 6.42. The zero-order chi connectivity index (χ0) is 101. The number of imidazole rings is 5. The minimum Gasteiger partial charge on any atom is -0.471 e. The number of aliphatic hydroxyl groups excluding tert-OH is 4. The number of hydrogen-bond acceptors (Lipinski definition) is 30. The molecule has 0 unspecified atom stereocenters. The van der Waals surface area contributed by atoms with Gasteiger partial charge >= 0.3 is 0 Å². The lowest BCUT2D eigenvalue weighted by molar-refractivity contribution is 0.270. The molecule has 16 rings (SSSR count). The Bertz CT molecular complexity index is 6250. The number of para-hydroxylation sites is 1. The molecule has 35 heteroatoms. The quantitative estimate of drug-likeness (QED) is 0.0171. The largest absolute Gasteiger partial charge is 0.471 e. The van der Waals surface area contributed by atoms with Crippen LogP contribution in [0.3, 0.4) is 0 Å². The number of ether oxygens (including phenoxy) is 1. The van der Waals surface area contributed by atoms with Crippen molar-refractivity contribution in [2.75, 3.05) is 119 Å². The van der Waals surface area contributed by atoms with Crippen LogP contribution in [0.4, 0.5) is 58.7 Å². The molecule has 0 amide bonds. The Kier molecular flexibility index (Phi) is 40.5. The number of aliphatic hydroxyl groups is 4. The third-order valence-electron chi connectivity index (χ3n) is 25.4. The molecule has 760 valence electrons. The molecule has 5 aromatic carbocycles. The fourth-order valence-corrected chi connectivity index (χ4v) is 16.7. The zero-order valence-corrected chi connectivity index (χ0v) is 86.7. The second kappa shape index (κ2) is 53.5. The predicted octanol–water partition coefficient (Wildman–Crippen LogP) is 19.3. The monoisotopic (exact) mass is 1940 g/mol. The molecule has 1 saturated carbocycles. The average Bonchev–Trinajstić information content (AvgIpc) is 1.62. The summed E-state index contributed by atoms with van der Waals surface area (Å²) in [6.07, 6.45) is 18.3. The van der Waals surface area contributed by atoms with E-state index < -0.39 is 0 Å². The maximum Gasteiger partial charge on any atom is 0.247 e. The molecule has 35 nitrogen and oxygen atoms in total. The van der Waals surface area contributed by atoms with Gasteiger partial charge in [0.25, 0.3) is 0 Å². The first-order chi connectivity index (χ1) is 68.9. The Balaban J connectivity index is 0.000000159. The van der Waals surface area contributed by atoms with Gasteiger partial charge in [0.15, 0.2) is 79.1 Å². The van der Waals surface area contributed by atoms with Crippen molar-refractivity contribution in [1.29, 1.82) is 0 Å². The molecule has 1 aliphatic rings. The second-order valence-corrected chi connectivity index (χ2v) is 37.2. The van der Waals surface area contributed by atoms with Gasteiger partial charge in [-0.05, 0) is 169 Å². The number of rotatable bonds is 45. The summed E-state index contributed by atoms with van der Waals surface area (Å²) in [5, 5.41) is 54.7. The van der Waals surface area contributed by atoms with Crippen LogP contribution < -0.4 is 50.9 Å². The highest BCUT2D eigenvalue weighted by Crippen LogP contribution is 2.38. The maximum atomic E-state index is 9.62. The molecule has 1 fully saturated rings. The first-order valence-corrected chi connectivity index (χ1v) is 50.9. The number of nitrogens with one attached hydrogen (secondary N) is 5. The molecule has 15 aromatic rings. The SMILES string of the molecule is CCCN(Cc1ccccc1)c1nc(N[C@H](CC)CO)nc2c1ncn2C(C)C.CCN(CC)CCNc1nc(N(CC)Cc2ccccc2)c2ncn(C3CCCC3)c2n1.CC[C@@H](CO)Nc1nc(N(C)c2ccccc2)c2ncn(C(C)C)c2n1.CC[C@H](CO)Nc1nc(N(Cc2ccccc2)C(C)C)c2ncn(C(C)C)c2n1.CC[C@H](CO)Nc1nc(OCc2ccccc2)c2ncn(C(C)C)c2n1. The van der Waals surface area contributed by atoms with E-state index >= 15 is 0 Å². The van der Waals surface area contributed by atoms with E-state index in [4.69, 9.17) is 44.6 Å². The molecule has 0 saturated heterocycles. The van der Waals surface area contributed by atoms with Crippen molar-refractivity contribution in [1.82, 2.24) is 102 Å². The summed E-state index contributed by atoms with van der Waals surface area (Å²) in [4.78, 5) is 81.9. The van der Waals surface area contributed by atoms with E-state index in [1.807, 2.05) is 141 Å². The molecule has 142 heavy (non-hydrogen) atoms. The lowest BCUT2D eigenvalue weighted by atomic mass is 10.2. The molecular weight excluding hydrogens is 1790 g/mol. The molecule has 10 aromatic heterocycles. The summed E-state index contributed by atoms with van der Waals surface area (Å²) in [6, 6.07) is 52.6. The maximum absolute atomic E-state index is 9.62. The standard InChI is InChI=1S/C25H37N7.2C22H32N6O.C19H26N6O.C19H25N5O2/c1-4-30(5-2)17-16-26-25-28-23(31(6-3)18-20-12-8-7-9-13-20)22-24(29-25)32(19-27-22)21-14-10-11-15-21;1-6-18(13-29)24-22-25-20(19-21(26-22)28(14-23-19)16(4)5)27(15(2)3)12-17-10-8-7-9-11-17;1-5-12-27(13-17-10-8-7-9-11-17)20-19-21(28(15-23-19)16(3)4)26-22(25-20)24-18(6-2)14-29;1-5-14(11-26)21-19-22-17(24(4)15-9-7-6-8-10-15)16-18(23-19)25(12-20-16)13(2)3;1-4-15(10-25)21-19-22-17-16(20-12-24(17)13(2)3)18(23-19)26-11-14-8-6-5-7-9-14/h7-9,12-13,19,21H,4-6,10-11,14-18H2,1-3H3,(H,26,28,29);7-11,14-16,18,29H,6,12-13H2,1-5H3,(H,24,25,26);7-11,15-16,18,29H,5-6,12-14H2,1-4H3,(H,24,25,26);6-10,12-14,26H,5,11H2,1-4H3,(H,21,22,23);5-9,12-13,15,25H,4,10-11H2,1-3H3,(H,21,22,23)/t;2*18-;14-;15-/m.1101/s1. The summed E-state index contributed by atoms with van der Waals surface area (Å²) < 4.78 is 16.4. The molecule has 0 spiro atoms. The predicted molar refractivity (Wildman–Crippen MR) is 575 cm³/mol. The molecule has 10 heterocycles. The van der Waals surface area contributed by atoms with Crippen LogP contribution in [0, 0.1) is 0 Å². The minimum absolute atomic E-state index is 0.0154. The van der Waals surface area contributed by atoms with Crippen LogP contribution >= 0.6 is 0 Å². The van der Waals surface area contributed by atoms with E-state index in [1.54, 1.807) is 12.7 Å². The zero-order valence-electron chi connectivity index (χ0n) is 86.7. The summed E-state index contributed by atoms with van der Waals surface area (Å²) in [5.41, 5.74) is 13.8. The molecular formula is C107H152N30O5. The van der Waals surface area contributed by atoms with Crippen LogP contribution in [0.2, 0.25) is 0 Å². The van der Waals surface area contributed by atoms with Crippen molar-refractivity contribution in [3.8, 4) is 5.88 Å². The molecule has 1 aliphatic carbocycles. The smallest absolute Gasteiger partial charge is 0.247 e. The van der Waals surface area contributed by atoms with E-state index in [0.29, 0.717) is 59.4 Å². The van der Waals surface area contributed by atoms with Gasteiger partial charge in [-0.3, -0.25) is 0 Å². The van der Waals surface area contributed by atoms with Gasteiger partial charge in [-0.1, -0.05) is 201 Å². The van der Waals surface area contributed by atoms with Crippen LogP contribution in [0.15, 0.2) is 183 Å². The lowest BCUT2D eigenvalue weighted by Crippen LogP contribution is -2.32. The number of hydrogen-bond donors (Lipinski definition) is 9. The van der Waals surface area contributed by atoms with Gasteiger partial charge in [-0.25, -0.2) is 24.9 Å². The Hall–Kier alpha value is -13.4. The fourth-order valence-electron chi connectivity index (χ4n) is 16.7. The third-order valence-corrected chi connectivity index (χ3v) is 25.4. The van der Waals surface area contributed by atoms with Gasteiger partial charge in [-0.15, -0.1) is 0 Å². The minimum atomic E-state index is -0.107. The fraction of sp³-hybridized carbons (Fsp3) is 0.486. The van der Waals surface area contributed by atoms with Crippen molar-refractivity contribution in [2.24, 2.45) is 0 Å². The van der Waals surface area contributed by atoms with Crippen LogP contribution in [-0.4, -0.2) is 226 Å². The Morgan fingerprint density at radius 3 is 1.13 bits per heavy atom. The number of benzene rings is 5. The van der Waals surface area contributed by atoms with Crippen LogP contribution in [0.1, 0.15) is 235 Å². The summed E-state index contributed by atoms with van der Waals surface area (Å²) in [7, 11) is 1.97. The van der Waals surface area contributed by atoms with Gasteiger partial charge in [0.1, 0.15) is 6.61 Å². The average molecular weight is 1940 g/mol. The molecule has 0 radical (unpaired) electrons. The van der Waals surface area contributed by atoms with Crippen LogP contribution in [0.25, 0.3) is 55.8 Å². The lowest BCUT2D eigenvalue weighted by Gasteiger charge is -2.29. The third kappa shape index (κ3) is 28.1. The number of aromatic nitrogens is 20. The highest BCUT2D eigenvalue weighted by molar-refractivity contribution is 5.89. The van der Waals surface area contributed by atoms with Crippen molar-refractivity contribution in [2.45, 2.75) is 269 Å². The first kappa shape index (κ1) is 107. The second-order valence-electron chi connectivity index (χ2n) is 37.2. The Morgan fingerprint density at radius 1 is 0.366 bits per heavy atom. The van der Waals surface area contributed by atoms with Crippen molar-refractivity contribution < 1.29 is 25.2 Å².